The molecule has 1 rings (SSSR count). The molecule has 1 heterocycles. The summed E-state index contributed by atoms with van der Waals surface area (Å²) in [5, 5.41) is 9.56. The summed E-state index contributed by atoms with van der Waals surface area (Å²) in [7, 11) is 0. The summed E-state index contributed by atoms with van der Waals surface area (Å²) < 4.78 is 37.4. The first-order valence-corrected chi connectivity index (χ1v) is 4.39. The molecule has 1 aromatic heterocycles. The van der Waals surface area contributed by atoms with Crippen molar-refractivity contribution in [1.82, 2.24) is 9.97 Å². The summed E-state index contributed by atoms with van der Waals surface area (Å²) in [5.74, 6) is -0.322. The van der Waals surface area contributed by atoms with Crippen LogP contribution in [-0.4, -0.2) is 15.1 Å². The summed E-state index contributed by atoms with van der Waals surface area (Å²) in [5.41, 5.74) is -1.35. The summed E-state index contributed by atoms with van der Waals surface area (Å²) in [4.78, 5) is 6.65. The third-order valence-electron chi connectivity index (χ3n) is 1.96. The maximum atomic E-state index is 12.5. The molecule has 1 atom stereocenters. The van der Waals surface area contributed by atoms with Crippen LogP contribution in [0.5, 0.6) is 0 Å². The van der Waals surface area contributed by atoms with Crippen molar-refractivity contribution in [2.45, 2.75) is 26.1 Å². The fraction of sp³-hybridized carbons (Fsp3) is 0.556. The van der Waals surface area contributed by atoms with Gasteiger partial charge in [-0.05, 0) is 5.92 Å². The maximum absolute atomic E-state index is 12.5. The molecule has 0 radical (unpaired) electrons. The van der Waals surface area contributed by atoms with Crippen molar-refractivity contribution in [3.05, 3.63) is 23.8 Å². The van der Waals surface area contributed by atoms with Gasteiger partial charge >= 0.3 is 6.18 Å². The van der Waals surface area contributed by atoms with Gasteiger partial charge in [0.25, 0.3) is 0 Å². The number of alkyl halides is 3. The first-order chi connectivity index (χ1) is 6.84. The van der Waals surface area contributed by atoms with Crippen molar-refractivity contribution in [3.8, 4) is 0 Å². The Bertz CT molecular complexity index is 338. The number of aliphatic hydroxyl groups excluding tert-OH is 1. The van der Waals surface area contributed by atoms with E-state index in [0.717, 1.165) is 12.5 Å². The number of rotatable bonds is 2. The molecule has 0 amide bonds. The van der Waals surface area contributed by atoms with Crippen LogP contribution in [0.15, 0.2) is 12.5 Å². The quantitative estimate of drug-likeness (QED) is 0.830. The molecule has 1 unspecified atom stereocenters. The summed E-state index contributed by atoms with van der Waals surface area (Å²) >= 11 is 0. The fourth-order valence-electron chi connectivity index (χ4n) is 1.15. The van der Waals surface area contributed by atoms with Crippen LogP contribution in [0.4, 0.5) is 13.2 Å². The van der Waals surface area contributed by atoms with Crippen molar-refractivity contribution in [1.29, 1.82) is 0 Å². The van der Waals surface area contributed by atoms with Crippen LogP contribution in [0.2, 0.25) is 0 Å². The van der Waals surface area contributed by atoms with Crippen LogP contribution < -0.4 is 0 Å². The van der Waals surface area contributed by atoms with Crippen molar-refractivity contribution in [3.63, 3.8) is 0 Å². The van der Waals surface area contributed by atoms with E-state index in [2.05, 4.69) is 9.97 Å². The second kappa shape index (κ2) is 4.14. The lowest BCUT2D eigenvalue weighted by Gasteiger charge is -2.18. The molecule has 0 aliphatic rings. The number of aliphatic hydroxyl groups is 1. The predicted octanol–water partition coefficient (Wildman–Crippen LogP) is 2.18. The number of nitrogens with zero attached hydrogens (tertiary/aromatic N) is 2. The number of hydrogen-bond donors (Lipinski definition) is 1. The Kier molecular flexibility index (Phi) is 3.28. The van der Waals surface area contributed by atoms with Crippen LogP contribution in [-0.2, 0) is 6.18 Å². The molecule has 1 aromatic rings. The fourth-order valence-corrected chi connectivity index (χ4v) is 1.15. The molecule has 0 spiro atoms. The summed E-state index contributed by atoms with van der Waals surface area (Å²) in [6.07, 6.45) is -3.95. The molecule has 6 heteroatoms. The molecule has 0 saturated carbocycles. The molecule has 0 aliphatic carbocycles. The van der Waals surface area contributed by atoms with Gasteiger partial charge in [0.05, 0.1) is 6.10 Å². The number of halogens is 3. The highest BCUT2D eigenvalue weighted by Gasteiger charge is 2.37. The number of hydrogen-bond acceptors (Lipinski definition) is 3. The largest absolute Gasteiger partial charge is 0.433 e. The van der Waals surface area contributed by atoms with Gasteiger partial charge in [0, 0.05) is 11.8 Å². The second-order valence-electron chi connectivity index (χ2n) is 3.51. The molecule has 0 bridgehead atoms. The first-order valence-electron chi connectivity index (χ1n) is 4.39. The highest BCUT2D eigenvalue weighted by Crippen LogP contribution is 2.34. The van der Waals surface area contributed by atoms with Gasteiger partial charge in [-0.2, -0.15) is 13.2 Å². The van der Waals surface area contributed by atoms with E-state index < -0.39 is 18.0 Å². The molecular formula is C9H11F3N2O. The maximum Gasteiger partial charge on any atom is 0.433 e. The highest BCUT2D eigenvalue weighted by molar-refractivity contribution is 5.21. The van der Waals surface area contributed by atoms with Crippen LogP contribution >= 0.6 is 0 Å². The minimum atomic E-state index is -4.56. The van der Waals surface area contributed by atoms with Gasteiger partial charge in [-0.15, -0.1) is 0 Å². The zero-order chi connectivity index (χ0) is 11.6. The average molecular weight is 220 g/mol. The molecule has 0 aliphatic heterocycles. The first kappa shape index (κ1) is 11.9. The lowest BCUT2D eigenvalue weighted by molar-refractivity contribution is -0.143. The average Bonchev–Trinajstić information content (AvgIpc) is 2.15. The normalized spacial score (nSPS) is 14.3. The van der Waals surface area contributed by atoms with Gasteiger partial charge in [-0.25, -0.2) is 9.97 Å². The summed E-state index contributed by atoms with van der Waals surface area (Å²) in [6, 6.07) is 0. The van der Waals surface area contributed by atoms with E-state index in [4.69, 9.17) is 0 Å². The third kappa shape index (κ3) is 2.65. The van der Waals surface area contributed by atoms with Gasteiger partial charge < -0.3 is 5.11 Å². The monoisotopic (exact) mass is 220 g/mol. The van der Waals surface area contributed by atoms with Crippen molar-refractivity contribution < 1.29 is 18.3 Å². The van der Waals surface area contributed by atoms with E-state index in [0.29, 0.717) is 0 Å². The van der Waals surface area contributed by atoms with E-state index in [1.165, 1.54) is 0 Å². The van der Waals surface area contributed by atoms with Crippen molar-refractivity contribution >= 4 is 0 Å². The molecule has 0 aromatic carbocycles. The predicted molar refractivity (Wildman–Crippen MR) is 46.8 cm³/mol. The molecule has 0 fully saturated rings. The highest BCUT2D eigenvalue weighted by atomic mass is 19.4. The third-order valence-corrected chi connectivity index (χ3v) is 1.96. The van der Waals surface area contributed by atoms with Gasteiger partial charge in [-0.3, -0.25) is 0 Å². The van der Waals surface area contributed by atoms with E-state index in [9.17, 15) is 18.3 Å². The molecular weight excluding hydrogens is 209 g/mol. The molecule has 1 N–H and O–H groups in total. The van der Waals surface area contributed by atoms with Crippen LogP contribution in [0.1, 0.15) is 31.2 Å². The standard InChI is InChI=1S/C9H11F3N2O/c1-5(2)7(15)6-3-13-4-14-8(6)9(10,11)12/h3-5,7,15H,1-2H3. The van der Waals surface area contributed by atoms with Gasteiger partial charge in [0.15, 0.2) is 5.69 Å². The summed E-state index contributed by atoms with van der Waals surface area (Å²) in [6.45, 7) is 3.25. The Morgan fingerprint density at radius 3 is 2.40 bits per heavy atom. The minimum absolute atomic E-state index is 0.278. The van der Waals surface area contributed by atoms with Gasteiger partial charge in [0.1, 0.15) is 6.33 Å². The van der Waals surface area contributed by atoms with Gasteiger partial charge in [0.2, 0.25) is 0 Å². The van der Waals surface area contributed by atoms with Crippen LogP contribution in [0.3, 0.4) is 0 Å². The van der Waals surface area contributed by atoms with E-state index in [-0.39, 0.29) is 11.5 Å². The van der Waals surface area contributed by atoms with Crippen LogP contribution in [0, 0.1) is 5.92 Å². The van der Waals surface area contributed by atoms with Crippen molar-refractivity contribution in [2.75, 3.05) is 0 Å². The zero-order valence-corrected chi connectivity index (χ0v) is 8.28. The minimum Gasteiger partial charge on any atom is -0.388 e. The second-order valence-corrected chi connectivity index (χ2v) is 3.51. The topological polar surface area (TPSA) is 46.0 Å². The zero-order valence-electron chi connectivity index (χ0n) is 8.28. The lowest BCUT2D eigenvalue weighted by Crippen LogP contribution is -2.17. The Hall–Kier alpha value is -1.17. The smallest absolute Gasteiger partial charge is 0.388 e. The Morgan fingerprint density at radius 1 is 1.33 bits per heavy atom. The molecule has 0 saturated heterocycles. The van der Waals surface area contributed by atoms with E-state index in [1.807, 2.05) is 0 Å². The van der Waals surface area contributed by atoms with Gasteiger partial charge in [-0.1, -0.05) is 13.8 Å². The van der Waals surface area contributed by atoms with E-state index in [1.54, 1.807) is 13.8 Å². The molecule has 15 heavy (non-hydrogen) atoms. The van der Waals surface area contributed by atoms with E-state index >= 15 is 0 Å². The van der Waals surface area contributed by atoms with Crippen molar-refractivity contribution in [2.24, 2.45) is 5.92 Å². The van der Waals surface area contributed by atoms with Crippen LogP contribution in [0.25, 0.3) is 0 Å². The molecule has 84 valence electrons. The Balaban J connectivity index is 3.18. The molecule has 3 nitrogen and oxygen atoms in total. The Labute approximate surface area is 85.0 Å². The Morgan fingerprint density at radius 2 is 1.93 bits per heavy atom. The SMILES string of the molecule is CC(C)C(O)c1cncnc1C(F)(F)F. The lowest BCUT2D eigenvalue weighted by atomic mass is 9.99. The number of aromatic nitrogens is 2.